The Kier molecular flexibility index (Phi) is 4.57. The molecular weight excluding hydrogens is 300 g/mol. The molecule has 0 saturated carbocycles. The van der Waals surface area contributed by atoms with Crippen molar-refractivity contribution in [2.24, 2.45) is 0 Å². The van der Waals surface area contributed by atoms with Crippen molar-refractivity contribution in [1.29, 1.82) is 0 Å². The van der Waals surface area contributed by atoms with E-state index in [9.17, 15) is 9.59 Å². The van der Waals surface area contributed by atoms with Crippen LogP contribution in [0.4, 0.5) is 5.69 Å². The van der Waals surface area contributed by atoms with Gasteiger partial charge in [-0.2, -0.15) is 0 Å². The van der Waals surface area contributed by atoms with Gasteiger partial charge in [0.05, 0.1) is 6.54 Å². The fraction of sp³-hybridized carbons (Fsp3) is 0.100. The highest BCUT2D eigenvalue weighted by molar-refractivity contribution is 6.01. The van der Waals surface area contributed by atoms with Crippen LogP contribution >= 0.6 is 0 Å². The number of amides is 2. The maximum Gasteiger partial charge on any atom is 0.251 e. The van der Waals surface area contributed by atoms with Crippen LogP contribution in [-0.4, -0.2) is 18.4 Å². The minimum Gasteiger partial charge on any atom is -0.343 e. The quantitative estimate of drug-likeness (QED) is 0.773. The summed E-state index contributed by atoms with van der Waals surface area (Å²) in [7, 11) is 0. The summed E-state index contributed by atoms with van der Waals surface area (Å²) in [5.41, 5.74) is 2.32. The van der Waals surface area contributed by atoms with E-state index in [1.165, 1.54) is 0 Å². The summed E-state index contributed by atoms with van der Waals surface area (Å²) in [4.78, 5) is 24.2. The predicted octanol–water partition coefficient (Wildman–Crippen LogP) is 3.52. The van der Waals surface area contributed by atoms with Gasteiger partial charge in [-0.15, -0.1) is 0 Å². The molecule has 0 spiro atoms. The monoisotopic (exact) mass is 318 g/mol. The number of carbonyl (C=O) groups excluding carboxylic acids is 2. The molecule has 0 unspecified atom stereocenters. The Hall–Kier alpha value is -3.14. The minimum absolute atomic E-state index is 0.0698. The normalized spacial score (nSPS) is 10.4. The number of rotatable bonds is 4. The first kappa shape index (κ1) is 15.7. The van der Waals surface area contributed by atoms with Crippen LogP contribution in [-0.2, 0) is 4.79 Å². The zero-order chi connectivity index (χ0) is 16.9. The molecule has 0 aliphatic rings. The van der Waals surface area contributed by atoms with E-state index in [4.69, 9.17) is 0 Å². The molecule has 0 aliphatic carbocycles. The van der Waals surface area contributed by atoms with E-state index in [1.807, 2.05) is 67.6 Å². The highest BCUT2D eigenvalue weighted by atomic mass is 16.2. The number of hydrogen-bond acceptors (Lipinski definition) is 2. The molecule has 2 amide bonds. The number of carbonyl (C=O) groups is 2. The fourth-order valence-electron chi connectivity index (χ4n) is 2.52. The van der Waals surface area contributed by atoms with Crippen LogP contribution in [0.3, 0.4) is 0 Å². The van der Waals surface area contributed by atoms with Crippen molar-refractivity contribution in [2.45, 2.75) is 6.92 Å². The molecule has 0 fully saturated rings. The number of nitrogens with one attached hydrogen (secondary N) is 2. The molecule has 0 aromatic heterocycles. The summed E-state index contributed by atoms with van der Waals surface area (Å²) in [6.45, 7) is 1.89. The van der Waals surface area contributed by atoms with Crippen molar-refractivity contribution >= 4 is 28.3 Å². The smallest absolute Gasteiger partial charge is 0.251 e. The van der Waals surface area contributed by atoms with Gasteiger partial charge in [0.15, 0.2) is 0 Å². The topological polar surface area (TPSA) is 58.2 Å². The van der Waals surface area contributed by atoms with Crippen LogP contribution in [0.1, 0.15) is 15.9 Å². The van der Waals surface area contributed by atoms with Gasteiger partial charge in [0.1, 0.15) is 0 Å². The molecular formula is C20H18N2O2. The molecule has 4 nitrogen and oxygen atoms in total. The molecule has 3 aromatic rings. The van der Waals surface area contributed by atoms with E-state index < -0.39 is 0 Å². The Morgan fingerprint density at radius 3 is 2.46 bits per heavy atom. The van der Waals surface area contributed by atoms with Crippen molar-refractivity contribution < 1.29 is 9.59 Å². The van der Waals surface area contributed by atoms with Crippen LogP contribution in [0, 0.1) is 6.92 Å². The lowest BCUT2D eigenvalue weighted by Crippen LogP contribution is -2.32. The first-order valence-corrected chi connectivity index (χ1v) is 7.75. The second kappa shape index (κ2) is 6.96. The van der Waals surface area contributed by atoms with E-state index in [1.54, 1.807) is 6.07 Å². The first-order valence-electron chi connectivity index (χ1n) is 7.75. The van der Waals surface area contributed by atoms with Gasteiger partial charge in [0, 0.05) is 11.3 Å². The Morgan fingerprint density at radius 2 is 1.67 bits per heavy atom. The zero-order valence-corrected chi connectivity index (χ0v) is 13.4. The van der Waals surface area contributed by atoms with E-state index in [0.717, 1.165) is 22.0 Å². The van der Waals surface area contributed by atoms with E-state index >= 15 is 0 Å². The zero-order valence-electron chi connectivity index (χ0n) is 13.4. The SMILES string of the molecule is Cc1cccc(NC(=O)CNC(=O)c2ccc3ccccc3c2)c1. The van der Waals surface area contributed by atoms with Crippen LogP contribution in [0.15, 0.2) is 66.7 Å². The number of hydrogen-bond donors (Lipinski definition) is 2. The Labute approximate surface area is 140 Å². The lowest BCUT2D eigenvalue weighted by atomic mass is 10.1. The standard InChI is InChI=1S/C20H18N2O2/c1-14-5-4-8-18(11-14)22-19(23)13-21-20(24)17-10-9-15-6-2-3-7-16(15)12-17/h2-12H,13H2,1H3,(H,21,24)(H,22,23). The highest BCUT2D eigenvalue weighted by Crippen LogP contribution is 2.15. The van der Waals surface area contributed by atoms with Gasteiger partial charge in [-0.3, -0.25) is 9.59 Å². The fourth-order valence-corrected chi connectivity index (χ4v) is 2.52. The van der Waals surface area contributed by atoms with Gasteiger partial charge in [-0.25, -0.2) is 0 Å². The Balaban J connectivity index is 1.60. The molecule has 120 valence electrons. The maximum atomic E-state index is 12.2. The number of anilines is 1. The third-order valence-corrected chi connectivity index (χ3v) is 3.72. The van der Waals surface area contributed by atoms with Crippen LogP contribution < -0.4 is 10.6 Å². The first-order chi connectivity index (χ1) is 11.6. The Bertz CT molecular complexity index is 903. The van der Waals surface area contributed by atoms with Gasteiger partial charge in [0.25, 0.3) is 5.91 Å². The van der Waals surface area contributed by atoms with Gasteiger partial charge >= 0.3 is 0 Å². The van der Waals surface area contributed by atoms with Gasteiger partial charge in [-0.1, -0.05) is 42.5 Å². The van der Waals surface area contributed by atoms with Crippen molar-refractivity contribution in [2.75, 3.05) is 11.9 Å². The molecule has 4 heteroatoms. The maximum absolute atomic E-state index is 12.2. The molecule has 0 saturated heterocycles. The van der Waals surface area contributed by atoms with Gasteiger partial charge in [-0.05, 0) is 47.5 Å². The molecule has 3 rings (SSSR count). The van der Waals surface area contributed by atoms with E-state index in [-0.39, 0.29) is 18.4 Å². The molecule has 0 heterocycles. The second-order valence-corrected chi connectivity index (χ2v) is 5.66. The van der Waals surface area contributed by atoms with Crippen molar-refractivity contribution in [3.05, 3.63) is 77.9 Å². The molecule has 0 bridgehead atoms. The summed E-state index contributed by atoms with van der Waals surface area (Å²) in [6.07, 6.45) is 0. The highest BCUT2D eigenvalue weighted by Gasteiger charge is 2.09. The summed E-state index contributed by atoms with van der Waals surface area (Å²) in [5, 5.41) is 7.48. The molecule has 24 heavy (non-hydrogen) atoms. The van der Waals surface area contributed by atoms with Crippen LogP contribution in [0.5, 0.6) is 0 Å². The molecule has 2 N–H and O–H groups in total. The van der Waals surface area contributed by atoms with Gasteiger partial charge < -0.3 is 10.6 Å². The van der Waals surface area contributed by atoms with Crippen molar-refractivity contribution in [3.63, 3.8) is 0 Å². The second-order valence-electron chi connectivity index (χ2n) is 5.66. The summed E-state index contributed by atoms with van der Waals surface area (Å²) in [5.74, 6) is -0.519. The Morgan fingerprint density at radius 1 is 0.875 bits per heavy atom. The van der Waals surface area contributed by atoms with Crippen LogP contribution in [0.25, 0.3) is 10.8 Å². The number of fused-ring (bicyclic) bond motifs is 1. The molecule has 3 aromatic carbocycles. The van der Waals surface area contributed by atoms with Crippen molar-refractivity contribution in [3.8, 4) is 0 Å². The summed E-state index contributed by atoms with van der Waals surface area (Å²) in [6, 6.07) is 20.8. The predicted molar refractivity (Wildman–Crippen MR) is 96.1 cm³/mol. The summed E-state index contributed by atoms with van der Waals surface area (Å²) >= 11 is 0. The summed E-state index contributed by atoms with van der Waals surface area (Å²) < 4.78 is 0. The lowest BCUT2D eigenvalue weighted by molar-refractivity contribution is -0.115. The average molecular weight is 318 g/mol. The third-order valence-electron chi connectivity index (χ3n) is 3.72. The van der Waals surface area contributed by atoms with Crippen molar-refractivity contribution in [1.82, 2.24) is 5.32 Å². The number of aryl methyl sites for hydroxylation is 1. The van der Waals surface area contributed by atoms with Crippen LogP contribution in [0.2, 0.25) is 0 Å². The van der Waals surface area contributed by atoms with Gasteiger partial charge in [0.2, 0.25) is 5.91 Å². The molecule has 0 radical (unpaired) electrons. The molecule has 0 atom stereocenters. The lowest BCUT2D eigenvalue weighted by Gasteiger charge is -2.08. The third kappa shape index (κ3) is 3.79. The van der Waals surface area contributed by atoms with E-state index in [0.29, 0.717) is 5.56 Å². The average Bonchev–Trinajstić information content (AvgIpc) is 2.59. The van der Waals surface area contributed by atoms with E-state index in [2.05, 4.69) is 10.6 Å². The number of benzene rings is 3. The minimum atomic E-state index is -0.264. The molecule has 0 aliphatic heterocycles. The largest absolute Gasteiger partial charge is 0.343 e.